The first-order chi connectivity index (χ1) is 32.2. The Morgan fingerprint density at radius 1 is 0.429 bits per heavy atom. The van der Waals surface area contributed by atoms with Crippen LogP contribution in [-0.4, -0.2) is 22.8 Å². The number of ketones is 2. The van der Waals surface area contributed by atoms with Gasteiger partial charge in [-0.15, -0.1) is 0 Å². The van der Waals surface area contributed by atoms with Gasteiger partial charge in [-0.05, 0) is 138 Å². The molecule has 3 heterocycles. The molecule has 2 spiro atoms. The normalized spacial score (nSPS) is 23.3. The standard InChI is InChI=1S/C64H76O6/c1-57(2,3)39-19-23-45(24-20-39)67-53-47-29-41(59(7,8)9)27-37-33-64(69-51(37)47)36-44(62(16,17)18)32-50(56(64)66)54(68-46-25-21-40(22-26-46)58(4,5)6)48-30-42(60(10,11)12)28-38-34-63(70-52(38)48)35-43(61(13,14)15)31-49(53)55(63)65/h19-32,35-36,53-54H,33-34H2,1-18H3/t53?,54?,63-,64+. The lowest BCUT2D eigenvalue weighted by Crippen LogP contribution is -2.48. The minimum absolute atomic E-state index is 0.0751. The van der Waals surface area contributed by atoms with Crippen LogP contribution in [0.3, 0.4) is 0 Å². The molecule has 9 rings (SSSR count). The van der Waals surface area contributed by atoms with Crippen molar-refractivity contribution in [2.75, 3.05) is 0 Å². The molecule has 3 aliphatic heterocycles. The molecule has 6 nitrogen and oxygen atoms in total. The van der Waals surface area contributed by atoms with E-state index in [-0.39, 0.29) is 56.9 Å². The number of fused-ring (bicyclic) bond motifs is 2. The third-order valence-electron chi connectivity index (χ3n) is 15.1. The second kappa shape index (κ2) is 15.9. The molecule has 2 unspecified atom stereocenters. The molecule has 0 fully saturated rings. The summed E-state index contributed by atoms with van der Waals surface area (Å²) >= 11 is 0. The highest BCUT2D eigenvalue weighted by Gasteiger charge is 2.56. The molecule has 5 aliphatic rings. The fourth-order valence-corrected chi connectivity index (χ4v) is 10.5. The molecule has 6 heteroatoms. The van der Waals surface area contributed by atoms with Crippen LogP contribution in [0.4, 0.5) is 0 Å². The summed E-state index contributed by atoms with van der Waals surface area (Å²) < 4.78 is 29.6. The summed E-state index contributed by atoms with van der Waals surface area (Å²) in [6.45, 7) is 39.4. The van der Waals surface area contributed by atoms with Crippen LogP contribution in [0.2, 0.25) is 0 Å². The van der Waals surface area contributed by atoms with Crippen molar-refractivity contribution in [2.45, 2.75) is 183 Å². The van der Waals surface area contributed by atoms with E-state index in [4.69, 9.17) is 18.9 Å². The summed E-state index contributed by atoms with van der Waals surface area (Å²) in [4.78, 5) is 32.5. The first kappa shape index (κ1) is 49.4. The molecule has 4 aromatic carbocycles. The maximum atomic E-state index is 16.2. The summed E-state index contributed by atoms with van der Waals surface area (Å²) in [5.41, 5.74) is 6.12. The fourth-order valence-electron chi connectivity index (χ4n) is 10.5. The number of hydrogen-bond donors (Lipinski definition) is 0. The van der Waals surface area contributed by atoms with Gasteiger partial charge in [-0.3, -0.25) is 9.59 Å². The van der Waals surface area contributed by atoms with Crippen LogP contribution >= 0.6 is 0 Å². The summed E-state index contributed by atoms with van der Waals surface area (Å²) in [5, 5.41) is 0. The van der Waals surface area contributed by atoms with Crippen molar-refractivity contribution in [1.29, 1.82) is 0 Å². The summed E-state index contributed by atoms with van der Waals surface area (Å²) in [5.74, 6) is 2.03. The molecule has 0 saturated carbocycles. The Labute approximate surface area is 418 Å². The summed E-state index contributed by atoms with van der Waals surface area (Å²) in [7, 11) is 0. The molecule has 0 radical (unpaired) electrons. The van der Waals surface area contributed by atoms with E-state index in [1.54, 1.807) is 0 Å². The minimum Gasteiger partial charge on any atom is -0.481 e. The first-order valence-corrected chi connectivity index (χ1v) is 25.4. The smallest absolute Gasteiger partial charge is 0.210 e. The third-order valence-corrected chi connectivity index (χ3v) is 15.1. The summed E-state index contributed by atoms with van der Waals surface area (Å²) in [6.07, 6.45) is 6.91. The van der Waals surface area contributed by atoms with Crippen LogP contribution in [0.1, 0.15) is 181 Å². The van der Waals surface area contributed by atoms with Crippen molar-refractivity contribution < 1.29 is 28.5 Å². The molecule has 0 N–H and O–H groups in total. The number of allylic oxidation sites excluding steroid dienone is 4. The molecular weight excluding hydrogens is 865 g/mol. The van der Waals surface area contributed by atoms with E-state index >= 15 is 9.59 Å². The van der Waals surface area contributed by atoms with Crippen LogP contribution in [0.25, 0.3) is 0 Å². The van der Waals surface area contributed by atoms with Gasteiger partial charge in [-0.2, -0.15) is 0 Å². The van der Waals surface area contributed by atoms with E-state index in [0.717, 1.165) is 33.4 Å². The predicted molar refractivity (Wildman–Crippen MR) is 283 cm³/mol. The van der Waals surface area contributed by atoms with E-state index in [2.05, 4.69) is 185 Å². The van der Waals surface area contributed by atoms with E-state index < -0.39 is 23.4 Å². The average molecular weight is 941 g/mol. The van der Waals surface area contributed by atoms with Gasteiger partial charge in [-0.1, -0.05) is 161 Å². The first-order valence-electron chi connectivity index (χ1n) is 25.4. The lowest BCUT2D eigenvalue weighted by atomic mass is 9.71. The third kappa shape index (κ3) is 8.70. The van der Waals surface area contributed by atoms with Gasteiger partial charge in [0.2, 0.25) is 11.6 Å². The van der Waals surface area contributed by atoms with Crippen molar-refractivity contribution >= 4 is 11.6 Å². The minimum atomic E-state index is -1.43. The van der Waals surface area contributed by atoms with Crippen LogP contribution in [0.15, 0.2) is 119 Å². The van der Waals surface area contributed by atoms with Crippen LogP contribution < -0.4 is 18.9 Å². The van der Waals surface area contributed by atoms with Gasteiger partial charge in [0.1, 0.15) is 23.0 Å². The number of benzene rings is 4. The Morgan fingerprint density at radius 3 is 1.03 bits per heavy atom. The van der Waals surface area contributed by atoms with Gasteiger partial charge < -0.3 is 18.9 Å². The molecule has 0 aromatic heterocycles. The lowest BCUT2D eigenvalue weighted by molar-refractivity contribution is -0.128. The Bertz CT molecular complexity index is 2740. The van der Waals surface area contributed by atoms with E-state index in [1.807, 2.05) is 36.4 Å². The Hall–Kier alpha value is -5.62. The quantitative estimate of drug-likeness (QED) is 0.203. The average Bonchev–Trinajstić information content (AvgIpc) is 3.80. The van der Waals surface area contributed by atoms with Gasteiger partial charge in [0.15, 0.2) is 23.4 Å². The zero-order valence-electron chi connectivity index (χ0n) is 45.3. The highest BCUT2D eigenvalue weighted by molar-refractivity contribution is 6.09. The monoisotopic (exact) mass is 941 g/mol. The maximum absolute atomic E-state index is 16.2. The van der Waals surface area contributed by atoms with Gasteiger partial charge >= 0.3 is 0 Å². The largest absolute Gasteiger partial charge is 0.481 e. The van der Waals surface area contributed by atoms with Crippen molar-refractivity contribution in [1.82, 2.24) is 0 Å². The second-order valence-electron chi connectivity index (χ2n) is 27.0. The van der Waals surface area contributed by atoms with Crippen molar-refractivity contribution in [2.24, 2.45) is 10.8 Å². The number of carbonyl (C=O) groups is 2. The van der Waals surface area contributed by atoms with Gasteiger partial charge in [0.25, 0.3) is 0 Å². The molecule has 4 aromatic rings. The van der Waals surface area contributed by atoms with Crippen LogP contribution in [0.5, 0.6) is 23.0 Å². The SMILES string of the molecule is CC(C)(C)C1=C[C@]23Cc4cc(C(C)(C)C)cc(c4O2)C(Oc2ccc(C(C)(C)C)cc2)C2=CC(C(C)(C)C)=C[C@]4(Cc5cc(C(C)(C)C)cc(c5O4)C(Oc4ccc(C(C)(C)C)cc4)C(=C1)C3=O)C2=O. The number of hydrogen-bond acceptors (Lipinski definition) is 6. The van der Waals surface area contributed by atoms with Crippen molar-refractivity contribution in [3.05, 3.63) is 164 Å². The molecule has 0 saturated heterocycles. The number of carbonyl (C=O) groups excluding carboxylic acids is 2. The van der Waals surface area contributed by atoms with Gasteiger partial charge in [0.05, 0.1) is 0 Å². The maximum Gasteiger partial charge on any atom is 0.210 e. The Balaban J connectivity index is 1.38. The summed E-state index contributed by atoms with van der Waals surface area (Å²) in [6, 6.07) is 25.1. The molecule has 368 valence electrons. The molecule has 6 bridgehead atoms. The molecule has 2 aliphatic carbocycles. The second-order valence-corrected chi connectivity index (χ2v) is 27.0. The molecule has 70 heavy (non-hydrogen) atoms. The van der Waals surface area contributed by atoms with Crippen LogP contribution in [0, 0.1) is 10.8 Å². The van der Waals surface area contributed by atoms with Gasteiger partial charge in [0, 0.05) is 35.1 Å². The lowest BCUT2D eigenvalue weighted by Gasteiger charge is -2.38. The topological polar surface area (TPSA) is 71.1 Å². The van der Waals surface area contributed by atoms with Crippen molar-refractivity contribution in [3.63, 3.8) is 0 Å². The van der Waals surface area contributed by atoms with Crippen molar-refractivity contribution in [3.8, 4) is 23.0 Å². The number of Topliss-reactive ketones (excluding diaryl/α,β-unsaturated/α-hetero) is 2. The van der Waals surface area contributed by atoms with E-state index in [9.17, 15) is 0 Å². The number of ether oxygens (including phenoxy) is 4. The zero-order valence-corrected chi connectivity index (χ0v) is 45.3. The van der Waals surface area contributed by atoms with E-state index in [1.165, 1.54) is 11.1 Å². The molecule has 0 amide bonds. The highest BCUT2D eigenvalue weighted by Crippen LogP contribution is 2.56. The molecule has 4 atom stereocenters. The van der Waals surface area contributed by atoms with Gasteiger partial charge in [-0.25, -0.2) is 0 Å². The molecular formula is C64H76O6. The highest BCUT2D eigenvalue weighted by atomic mass is 16.5. The van der Waals surface area contributed by atoms with E-state index in [0.29, 0.717) is 45.3 Å². The predicted octanol–water partition coefficient (Wildman–Crippen LogP) is 15.1. The number of rotatable bonds is 4. The fraction of sp³-hybridized carbons (Fsp3) is 0.469. The zero-order chi connectivity index (χ0) is 51.1. The van der Waals surface area contributed by atoms with Crippen LogP contribution in [-0.2, 0) is 44.1 Å². The Kier molecular flexibility index (Phi) is 11.2. The Morgan fingerprint density at radius 2 is 0.743 bits per heavy atom.